The maximum Gasteiger partial charge on any atom is 0.271 e. The van der Waals surface area contributed by atoms with Crippen LogP contribution in [0.5, 0.6) is 0 Å². The molecule has 0 heterocycles. The van der Waals surface area contributed by atoms with Crippen LogP contribution in [0.15, 0.2) is 52.5 Å². The van der Waals surface area contributed by atoms with Gasteiger partial charge in [-0.25, -0.2) is 13.8 Å². The molecule has 0 aromatic heterocycles. The molecular weight excluding hydrogens is 386 g/mol. The molecule has 0 aliphatic heterocycles. The van der Waals surface area contributed by atoms with Crippen LogP contribution in [-0.2, 0) is 10.0 Å². The van der Waals surface area contributed by atoms with Crippen molar-refractivity contribution in [2.75, 3.05) is 4.72 Å². The summed E-state index contributed by atoms with van der Waals surface area (Å²) in [5.74, 6) is -0.432. The van der Waals surface area contributed by atoms with E-state index in [4.69, 9.17) is 0 Å². The molecule has 29 heavy (non-hydrogen) atoms. The number of anilines is 1. The van der Waals surface area contributed by atoms with Gasteiger partial charge < -0.3 is 0 Å². The lowest BCUT2D eigenvalue weighted by Gasteiger charge is -2.12. The molecule has 6 nitrogen and oxygen atoms in total. The van der Waals surface area contributed by atoms with Gasteiger partial charge in [-0.2, -0.15) is 5.10 Å². The summed E-state index contributed by atoms with van der Waals surface area (Å²) in [6.07, 6.45) is 3.55. The van der Waals surface area contributed by atoms with Crippen LogP contribution in [0.4, 0.5) is 5.69 Å². The fourth-order valence-electron chi connectivity index (χ4n) is 2.94. The summed E-state index contributed by atoms with van der Waals surface area (Å²) in [5.41, 5.74) is 6.11. The molecule has 2 aromatic carbocycles. The molecule has 0 radical (unpaired) electrons. The Kier molecular flexibility index (Phi) is 7.96. The van der Waals surface area contributed by atoms with Gasteiger partial charge in [-0.1, -0.05) is 50.5 Å². The van der Waals surface area contributed by atoms with E-state index in [2.05, 4.69) is 29.1 Å². The van der Waals surface area contributed by atoms with Crippen LogP contribution in [0.2, 0.25) is 0 Å². The van der Waals surface area contributed by atoms with Gasteiger partial charge in [-0.15, -0.1) is 0 Å². The molecule has 0 bridgehead atoms. The Hall–Kier alpha value is -2.67. The molecule has 0 aliphatic carbocycles. The average molecular weight is 416 g/mol. The lowest BCUT2D eigenvalue weighted by molar-refractivity contribution is 0.0954. The molecule has 0 atom stereocenters. The Morgan fingerprint density at radius 2 is 1.69 bits per heavy atom. The van der Waals surface area contributed by atoms with E-state index >= 15 is 0 Å². The van der Waals surface area contributed by atoms with Gasteiger partial charge in [0, 0.05) is 11.3 Å². The maximum atomic E-state index is 12.8. The highest BCUT2D eigenvalue weighted by atomic mass is 32.2. The fourth-order valence-corrected chi connectivity index (χ4v) is 4.12. The van der Waals surface area contributed by atoms with Crippen molar-refractivity contribution < 1.29 is 13.2 Å². The van der Waals surface area contributed by atoms with Gasteiger partial charge in [0.25, 0.3) is 15.9 Å². The van der Waals surface area contributed by atoms with E-state index in [1.807, 2.05) is 26.0 Å². The van der Waals surface area contributed by atoms with Crippen molar-refractivity contribution in [3.8, 4) is 0 Å². The zero-order valence-electron chi connectivity index (χ0n) is 17.5. The third-order valence-corrected chi connectivity index (χ3v) is 5.79. The van der Waals surface area contributed by atoms with Gasteiger partial charge >= 0.3 is 0 Å². The molecule has 1 amide bonds. The van der Waals surface area contributed by atoms with Crippen molar-refractivity contribution in [2.24, 2.45) is 5.10 Å². The minimum Gasteiger partial charge on any atom is -0.279 e. The largest absolute Gasteiger partial charge is 0.279 e. The third-order valence-electron chi connectivity index (χ3n) is 4.43. The standard InChI is InChI=1S/C22H29N3O3S/c1-5-8-19(9-6-2)23-24-22(26)18-10-7-11-20(15-18)29(27,28)25-21-13-12-16(3)14-17(21)4/h7,10-15,25H,5-6,8-9H2,1-4H3,(H,24,26). The Morgan fingerprint density at radius 3 is 2.31 bits per heavy atom. The number of hydrogen-bond donors (Lipinski definition) is 2. The molecule has 0 saturated carbocycles. The first-order valence-corrected chi connectivity index (χ1v) is 11.3. The Morgan fingerprint density at radius 1 is 1.00 bits per heavy atom. The van der Waals surface area contributed by atoms with E-state index in [1.54, 1.807) is 18.2 Å². The highest BCUT2D eigenvalue weighted by Gasteiger charge is 2.17. The second kappa shape index (κ2) is 10.2. The number of hydrogen-bond acceptors (Lipinski definition) is 4. The normalized spacial score (nSPS) is 11.0. The van der Waals surface area contributed by atoms with Crippen LogP contribution in [0, 0.1) is 13.8 Å². The number of sulfonamides is 1. The van der Waals surface area contributed by atoms with Crippen LogP contribution in [0.1, 0.15) is 61.0 Å². The van der Waals surface area contributed by atoms with Crippen molar-refractivity contribution in [3.05, 3.63) is 59.2 Å². The summed E-state index contributed by atoms with van der Waals surface area (Å²) in [5, 5.41) is 4.21. The molecule has 156 valence electrons. The van der Waals surface area contributed by atoms with Crippen molar-refractivity contribution >= 4 is 27.3 Å². The number of amides is 1. The molecule has 0 unspecified atom stereocenters. The molecule has 0 spiro atoms. The molecule has 7 heteroatoms. The van der Waals surface area contributed by atoms with E-state index in [1.165, 1.54) is 12.1 Å². The maximum absolute atomic E-state index is 12.8. The smallest absolute Gasteiger partial charge is 0.271 e. The number of rotatable bonds is 9. The number of carbonyl (C=O) groups excluding carboxylic acids is 1. The number of nitrogens with zero attached hydrogens (tertiary/aromatic N) is 1. The first kappa shape index (κ1) is 22.6. The summed E-state index contributed by atoms with van der Waals surface area (Å²) in [6.45, 7) is 7.91. The number of aryl methyl sites for hydroxylation is 2. The average Bonchev–Trinajstić information content (AvgIpc) is 2.68. The first-order chi connectivity index (χ1) is 13.8. The zero-order valence-corrected chi connectivity index (χ0v) is 18.3. The molecular formula is C22H29N3O3S. The predicted octanol–water partition coefficient (Wildman–Crippen LogP) is 4.79. The second-order valence-electron chi connectivity index (χ2n) is 7.07. The lowest BCUT2D eigenvalue weighted by atomic mass is 10.1. The summed E-state index contributed by atoms with van der Waals surface area (Å²) in [6, 6.07) is 11.4. The predicted molar refractivity (Wildman–Crippen MR) is 118 cm³/mol. The number of nitrogens with one attached hydrogen (secondary N) is 2. The Labute approximate surface area is 173 Å². The van der Waals surface area contributed by atoms with Crippen LogP contribution >= 0.6 is 0 Å². The quantitative estimate of drug-likeness (QED) is 0.456. The Balaban J connectivity index is 2.21. The van der Waals surface area contributed by atoms with E-state index in [9.17, 15) is 13.2 Å². The topological polar surface area (TPSA) is 87.6 Å². The van der Waals surface area contributed by atoms with Crippen molar-refractivity contribution in [2.45, 2.75) is 58.3 Å². The van der Waals surface area contributed by atoms with Gasteiger partial charge in [-0.05, 0) is 56.5 Å². The lowest BCUT2D eigenvalue weighted by Crippen LogP contribution is -2.21. The van der Waals surface area contributed by atoms with E-state index in [-0.39, 0.29) is 10.5 Å². The summed E-state index contributed by atoms with van der Waals surface area (Å²) in [4.78, 5) is 12.5. The van der Waals surface area contributed by atoms with E-state index in [0.717, 1.165) is 42.5 Å². The number of carbonyl (C=O) groups is 1. The molecule has 0 saturated heterocycles. The van der Waals surface area contributed by atoms with Crippen LogP contribution in [0.25, 0.3) is 0 Å². The zero-order chi connectivity index (χ0) is 21.4. The first-order valence-electron chi connectivity index (χ1n) is 9.82. The van der Waals surface area contributed by atoms with Crippen LogP contribution < -0.4 is 10.1 Å². The molecule has 0 aliphatic rings. The van der Waals surface area contributed by atoms with Crippen LogP contribution in [0.3, 0.4) is 0 Å². The van der Waals surface area contributed by atoms with E-state index < -0.39 is 15.9 Å². The highest BCUT2D eigenvalue weighted by molar-refractivity contribution is 7.92. The fraction of sp³-hybridized carbons (Fsp3) is 0.364. The third kappa shape index (κ3) is 6.42. The summed E-state index contributed by atoms with van der Waals surface area (Å²) < 4.78 is 28.2. The minimum atomic E-state index is -3.82. The highest BCUT2D eigenvalue weighted by Crippen LogP contribution is 2.21. The minimum absolute atomic E-state index is 0.0245. The SMILES string of the molecule is CCCC(CCC)=NNC(=O)c1cccc(S(=O)(=O)Nc2ccc(C)cc2C)c1. The Bertz CT molecular complexity index is 990. The van der Waals surface area contributed by atoms with Gasteiger partial charge in [0.05, 0.1) is 10.6 Å². The second-order valence-corrected chi connectivity index (χ2v) is 8.75. The molecule has 2 aromatic rings. The number of hydrazone groups is 1. The van der Waals surface area contributed by atoms with Gasteiger partial charge in [0.2, 0.25) is 0 Å². The van der Waals surface area contributed by atoms with Crippen LogP contribution in [-0.4, -0.2) is 20.0 Å². The van der Waals surface area contributed by atoms with Gasteiger partial charge in [0.15, 0.2) is 0 Å². The van der Waals surface area contributed by atoms with Gasteiger partial charge in [-0.3, -0.25) is 9.52 Å². The molecule has 0 fully saturated rings. The van der Waals surface area contributed by atoms with E-state index in [0.29, 0.717) is 5.69 Å². The number of benzene rings is 2. The van der Waals surface area contributed by atoms with Gasteiger partial charge in [0.1, 0.15) is 0 Å². The monoisotopic (exact) mass is 415 g/mol. The summed E-state index contributed by atoms with van der Waals surface area (Å²) in [7, 11) is -3.82. The molecule has 2 N–H and O–H groups in total. The van der Waals surface area contributed by atoms with Crippen molar-refractivity contribution in [1.82, 2.24) is 5.43 Å². The molecule has 2 rings (SSSR count). The van der Waals surface area contributed by atoms with Crippen molar-refractivity contribution in [1.29, 1.82) is 0 Å². The summed E-state index contributed by atoms with van der Waals surface area (Å²) >= 11 is 0. The van der Waals surface area contributed by atoms with Crippen molar-refractivity contribution in [3.63, 3.8) is 0 Å².